The van der Waals surface area contributed by atoms with E-state index in [2.05, 4.69) is 6.92 Å². The lowest BCUT2D eigenvalue weighted by atomic mass is 9.71. The fourth-order valence-corrected chi connectivity index (χ4v) is 3.45. The van der Waals surface area contributed by atoms with Crippen LogP contribution in [0.4, 0.5) is 0 Å². The van der Waals surface area contributed by atoms with Crippen LogP contribution in [0, 0.1) is 5.41 Å². The summed E-state index contributed by atoms with van der Waals surface area (Å²) in [5, 5.41) is 8.92. The van der Waals surface area contributed by atoms with Gasteiger partial charge in [-0.05, 0) is 37.0 Å². The first kappa shape index (κ1) is 16.5. The number of carbonyl (C=O) groups is 2. The van der Waals surface area contributed by atoms with Crippen molar-refractivity contribution in [1.29, 1.82) is 0 Å². The lowest BCUT2D eigenvalue weighted by Gasteiger charge is -2.38. The third-order valence-electron chi connectivity index (χ3n) is 4.91. The molecule has 0 aliphatic heterocycles. The van der Waals surface area contributed by atoms with Crippen molar-refractivity contribution in [2.75, 3.05) is 7.05 Å². The van der Waals surface area contributed by atoms with E-state index in [9.17, 15) is 9.59 Å². The standard InChI is InChI=1S/C18H25NO3/c1-3-18(11-5-4-6-12-18)17(22)19(2)13-14-7-9-15(10-8-14)16(20)21/h7-10H,3-6,11-13H2,1-2H3,(H,20,21). The van der Waals surface area contributed by atoms with Gasteiger partial charge in [-0.3, -0.25) is 4.79 Å². The Bertz CT molecular complexity index is 530. The van der Waals surface area contributed by atoms with Crippen molar-refractivity contribution < 1.29 is 14.7 Å². The number of benzene rings is 1. The highest BCUT2D eigenvalue weighted by atomic mass is 16.4. The van der Waals surface area contributed by atoms with Gasteiger partial charge in [0.15, 0.2) is 0 Å². The van der Waals surface area contributed by atoms with Gasteiger partial charge < -0.3 is 10.0 Å². The van der Waals surface area contributed by atoms with Crippen molar-refractivity contribution in [1.82, 2.24) is 4.90 Å². The van der Waals surface area contributed by atoms with Crippen LogP contribution in [0.2, 0.25) is 0 Å². The molecule has 1 saturated carbocycles. The van der Waals surface area contributed by atoms with Gasteiger partial charge in [-0.15, -0.1) is 0 Å². The quantitative estimate of drug-likeness (QED) is 0.902. The zero-order chi connectivity index (χ0) is 16.2. The Labute approximate surface area is 132 Å². The van der Waals surface area contributed by atoms with E-state index < -0.39 is 5.97 Å². The molecule has 1 aliphatic rings. The summed E-state index contributed by atoms with van der Waals surface area (Å²) in [5.41, 5.74) is 1.05. The van der Waals surface area contributed by atoms with E-state index in [-0.39, 0.29) is 16.9 Å². The van der Waals surface area contributed by atoms with Crippen LogP contribution in [0.5, 0.6) is 0 Å². The molecule has 0 heterocycles. The first-order valence-electron chi connectivity index (χ1n) is 8.06. The molecule has 1 N–H and O–H groups in total. The SMILES string of the molecule is CCC1(C(=O)N(C)Cc2ccc(C(=O)O)cc2)CCCCC1. The smallest absolute Gasteiger partial charge is 0.335 e. The summed E-state index contributed by atoms with van der Waals surface area (Å²) in [6.45, 7) is 2.64. The second-order valence-electron chi connectivity index (χ2n) is 6.36. The fourth-order valence-electron chi connectivity index (χ4n) is 3.45. The minimum absolute atomic E-state index is 0.187. The summed E-state index contributed by atoms with van der Waals surface area (Å²) in [5.74, 6) is -0.694. The molecule has 0 bridgehead atoms. The maximum Gasteiger partial charge on any atom is 0.335 e. The van der Waals surface area contributed by atoms with E-state index in [1.807, 2.05) is 7.05 Å². The van der Waals surface area contributed by atoms with Gasteiger partial charge in [0.1, 0.15) is 0 Å². The first-order chi connectivity index (χ1) is 10.5. The predicted octanol–water partition coefficient (Wildman–Crippen LogP) is 3.70. The lowest BCUT2D eigenvalue weighted by Crippen LogP contribution is -2.42. The number of amides is 1. The van der Waals surface area contributed by atoms with Crippen molar-refractivity contribution >= 4 is 11.9 Å². The predicted molar refractivity (Wildman–Crippen MR) is 85.7 cm³/mol. The van der Waals surface area contributed by atoms with Gasteiger partial charge in [-0.1, -0.05) is 38.3 Å². The summed E-state index contributed by atoms with van der Waals surface area (Å²) < 4.78 is 0. The molecule has 1 aromatic rings. The van der Waals surface area contributed by atoms with Crippen LogP contribution >= 0.6 is 0 Å². The van der Waals surface area contributed by atoms with Crippen LogP contribution in [0.3, 0.4) is 0 Å². The van der Waals surface area contributed by atoms with Gasteiger partial charge in [0, 0.05) is 19.0 Å². The van der Waals surface area contributed by atoms with Crippen molar-refractivity contribution in [3.63, 3.8) is 0 Å². The Kier molecular flexibility index (Phi) is 5.22. The maximum absolute atomic E-state index is 12.9. The van der Waals surface area contributed by atoms with Gasteiger partial charge in [0.25, 0.3) is 0 Å². The van der Waals surface area contributed by atoms with Crippen LogP contribution in [-0.2, 0) is 11.3 Å². The summed E-state index contributed by atoms with van der Waals surface area (Å²) in [7, 11) is 1.85. The molecular weight excluding hydrogens is 278 g/mol. The molecule has 1 aliphatic carbocycles. The van der Waals surface area contributed by atoms with Crippen molar-refractivity contribution in [3.8, 4) is 0 Å². The Morgan fingerprint density at radius 1 is 1.14 bits per heavy atom. The van der Waals surface area contributed by atoms with Crippen LogP contribution in [0.25, 0.3) is 0 Å². The number of carboxylic acid groups (broad SMARTS) is 1. The normalized spacial score (nSPS) is 17.0. The first-order valence-corrected chi connectivity index (χ1v) is 8.06. The second kappa shape index (κ2) is 6.95. The van der Waals surface area contributed by atoms with Crippen LogP contribution in [-0.4, -0.2) is 28.9 Å². The Morgan fingerprint density at radius 3 is 2.23 bits per heavy atom. The molecular formula is C18H25NO3. The summed E-state index contributed by atoms with van der Waals surface area (Å²) >= 11 is 0. The Morgan fingerprint density at radius 2 is 1.73 bits per heavy atom. The monoisotopic (exact) mass is 303 g/mol. The van der Waals surface area contributed by atoms with E-state index in [4.69, 9.17) is 5.11 Å². The Hall–Kier alpha value is -1.84. The van der Waals surface area contributed by atoms with Gasteiger partial charge >= 0.3 is 5.97 Å². The molecule has 0 atom stereocenters. The molecule has 0 saturated heterocycles. The third kappa shape index (κ3) is 3.49. The largest absolute Gasteiger partial charge is 0.478 e. The minimum Gasteiger partial charge on any atom is -0.478 e. The van der Waals surface area contributed by atoms with Gasteiger partial charge in [0.2, 0.25) is 5.91 Å². The number of carbonyl (C=O) groups excluding carboxylic acids is 1. The summed E-state index contributed by atoms with van der Waals surface area (Å²) in [6, 6.07) is 6.75. The van der Waals surface area contributed by atoms with Crippen molar-refractivity contribution in [3.05, 3.63) is 35.4 Å². The molecule has 0 radical (unpaired) electrons. The van der Waals surface area contributed by atoms with Crippen LogP contribution < -0.4 is 0 Å². The fraction of sp³-hybridized carbons (Fsp3) is 0.556. The molecule has 0 spiro atoms. The number of carboxylic acids is 1. The van der Waals surface area contributed by atoms with Crippen molar-refractivity contribution in [2.45, 2.75) is 52.0 Å². The average molecular weight is 303 g/mol. The minimum atomic E-state index is -0.928. The number of aromatic carboxylic acids is 1. The molecule has 4 heteroatoms. The topological polar surface area (TPSA) is 57.6 Å². The highest BCUT2D eigenvalue weighted by Crippen LogP contribution is 2.40. The van der Waals surface area contributed by atoms with Gasteiger partial charge in [-0.25, -0.2) is 4.79 Å². The van der Waals surface area contributed by atoms with E-state index in [0.29, 0.717) is 6.54 Å². The number of rotatable bonds is 5. The number of hydrogen-bond acceptors (Lipinski definition) is 2. The number of hydrogen-bond donors (Lipinski definition) is 1. The van der Waals surface area contributed by atoms with Gasteiger partial charge in [-0.2, -0.15) is 0 Å². The molecule has 1 fully saturated rings. The third-order valence-corrected chi connectivity index (χ3v) is 4.91. The van der Waals surface area contributed by atoms with Crippen LogP contribution in [0.15, 0.2) is 24.3 Å². The second-order valence-corrected chi connectivity index (χ2v) is 6.36. The maximum atomic E-state index is 12.9. The summed E-state index contributed by atoms with van der Waals surface area (Å²) in [4.78, 5) is 25.5. The molecule has 120 valence electrons. The molecule has 22 heavy (non-hydrogen) atoms. The molecule has 0 aromatic heterocycles. The van der Waals surface area contributed by atoms with Crippen molar-refractivity contribution in [2.24, 2.45) is 5.41 Å². The van der Waals surface area contributed by atoms with Crippen LogP contribution in [0.1, 0.15) is 61.4 Å². The highest BCUT2D eigenvalue weighted by Gasteiger charge is 2.39. The molecule has 2 rings (SSSR count). The molecule has 0 unspecified atom stereocenters. The summed E-state index contributed by atoms with van der Waals surface area (Å²) in [6.07, 6.45) is 6.39. The van der Waals surface area contributed by atoms with E-state index in [1.54, 1.807) is 29.2 Å². The molecule has 1 aromatic carbocycles. The lowest BCUT2D eigenvalue weighted by molar-refractivity contribution is -0.143. The zero-order valence-electron chi connectivity index (χ0n) is 13.5. The molecule has 4 nitrogen and oxygen atoms in total. The van der Waals surface area contributed by atoms with E-state index in [1.165, 1.54) is 6.42 Å². The number of nitrogens with zero attached hydrogens (tertiary/aromatic N) is 1. The highest BCUT2D eigenvalue weighted by molar-refractivity contribution is 5.87. The zero-order valence-corrected chi connectivity index (χ0v) is 13.5. The average Bonchev–Trinajstić information content (AvgIpc) is 2.55. The molecule has 1 amide bonds. The van der Waals surface area contributed by atoms with E-state index >= 15 is 0 Å². The van der Waals surface area contributed by atoms with Gasteiger partial charge in [0.05, 0.1) is 5.56 Å². The van der Waals surface area contributed by atoms with E-state index in [0.717, 1.165) is 37.7 Å². The Balaban J connectivity index is 2.05.